The normalized spacial score (nSPS) is 16.7. The van der Waals surface area contributed by atoms with Gasteiger partial charge < -0.3 is 9.62 Å². The molecule has 0 amide bonds. The van der Waals surface area contributed by atoms with Crippen LogP contribution in [0.1, 0.15) is 32.8 Å². The highest BCUT2D eigenvalue weighted by Crippen LogP contribution is 2.36. The molecule has 1 aromatic carbocycles. The molecule has 0 spiro atoms. The lowest BCUT2D eigenvalue weighted by atomic mass is 10.1. The largest absolute Gasteiger partial charge is 0.370 e. The molecule has 1 aliphatic heterocycles. The van der Waals surface area contributed by atoms with E-state index >= 15 is 4.39 Å². The molecule has 1 fully saturated rings. The number of nitrogens with one attached hydrogen (secondary N) is 1. The Hall–Kier alpha value is -1.93. The summed E-state index contributed by atoms with van der Waals surface area (Å²) >= 11 is 0.773. The number of rotatable bonds is 8. The highest BCUT2D eigenvalue weighted by Gasteiger charge is 2.29. The van der Waals surface area contributed by atoms with Crippen LogP contribution in [0.15, 0.2) is 29.2 Å². The van der Waals surface area contributed by atoms with Crippen molar-refractivity contribution in [2.45, 2.75) is 44.6 Å². The smallest absolute Gasteiger partial charge is 0.214 e. The average Bonchev–Trinajstić information content (AvgIpc) is 3.18. The first-order chi connectivity index (χ1) is 14.0. The van der Waals surface area contributed by atoms with E-state index in [-0.39, 0.29) is 10.7 Å². The first kappa shape index (κ1) is 21.8. The summed E-state index contributed by atoms with van der Waals surface area (Å²) < 4.78 is 45.9. The van der Waals surface area contributed by atoms with Crippen LogP contribution >= 0.6 is 11.9 Å². The van der Waals surface area contributed by atoms with Crippen molar-refractivity contribution < 1.29 is 13.2 Å². The van der Waals surface area contributed by atoms with Crippen molar-refractivity contribution in [2.24, 2.45) is 0 Å². The molecule has 2 aromatic rings. The van der Waals surface area contributed by atoms with E-state index < -0.39 is 17.6 Å². The second kappa shape index (κ2) is 9.71. The molecule has 1 N–H and O–H groups in total. The minimum absolute atomic E-state index is 0.129. The Balaban J connectivity index is 1.82. The average molecular weight is 425 g/mol. The molecule has 1 unspecified atom stereocenters. The van der Waals surface area contributed by atoms with Gasteiger partial charge in [-0.25, -0.2) is 13.8 Å². The van der Waals surface area contributed by atoms with Crippen LogP contribution < -0.4 is 9.62 Å². The zero-order valence-electron chi connectivity index (χ0n) is 17.0. The Labute approximate surface area is 174 Å². The van der Waals surface area contributed by atoms with Crippen LogP contribution in [0.4, 0.5) is 24.7 Å². The fourth-order valence-electron chi connectivity index (χ4n) is 3.91. The van der Waals surface area contributed by atoms with Crippen LogP contribution in [0.25, 0.3) is 0 Å². The van der Waals surface area contributed by atoms with Gasteiger partial charge in [-0.1, -0.05) is 26.8 Å². The topological polar surface area (TPSA) is 31.4 Å². The third kappa shape index (κ3) is 4.80. The molecule has 2 heterocycles. The van der Waals surface area contributed by atoms with Crippen LogP contribution in [0, 0.1) is 17.6 Å². The van der Waals surface area contributed by atoms with Crippen molar-refractivity contribution in [3.05, 3.63) is 47.4 Å². The maximum atomic E-state index is 15.2. The van der Waals surface area contributed by atoms with E-state index in [0.717, 1.165) is 44.5 Å². The standard InChI is InChI=1S/C21H27F3N4S/c1-4-15-17(28-11-10-14(13-28)27(5-2)6-3)12-16(22)21(20(15)24)29-26-19-9-7-8-18(23)25-19/h7-9,12,14H,4-6,10-11,13H2,1-3H3,(H,25,26). The highest BCUT2D eigenvalue weighted by atomic mass is 32.2. The number of benzene rings is 1. The van der Waals surface area contributed by atoms with Gasteiger partial charge in [-0.05, 0) is 56.1 Å². The summed E-state index contributed by atoms with van der Waals surface area (Å²) in [5.41, 5.74) is 1.13. The monoisotopic (exact) mass is 424 g/mol. The molecule has 1 saturated heterocycles. The summed E-state index contributed by atoms with van der Waals surface area (Å²) in [5, 5.41) is 0. The second-order valence-electron chi connectivity index (χ2n) is 7.01. The number of halogens is 3. The predicted octanol–water partition coefficient (Wildman–Crippen LogP) is 5.10. The van der Waals surface area contributed by atoms with Gasteiger partial charge in [0, 0.05) is 30.4 Å². The van der Waals surface area contributed by atoms with Crippen LogP contribution in [-0.4, -0.2) is 42.1 Å². The number of pyridine rings is 1. The third-order valence-corrected chi connectivity index (χ3v) is 6.30. The minimum Gasteiger partial charge on any atom is -0.370 e. The van der Waals surface area contributed by atoms with Gasteiger partial charge >= 0.3 is 0 Å². The Morgan fingerprint density at radius 2 is 1.97 bits per heavy atom. The van der Waals surface area contributed by atoms with Gasteiger partial charge in [-0.2, -0.15) is 4.39 Å². The maximum absolute atomic E-state index is 15.2. The Morgan fingerprint density at radius 3 is 2.62 bits per heavy atom. The summed E-state index contributed by atoms with van der Waals surface area (Å²) in [6, 6.07) is 6.06. The van der Waals surface area contributed by atoms with E-state index in [1.807, 2.05) is 6.92 Å². The number of hydrogen-bond donors (Lipinski definition) is 1. The molecular weight excluding hydrogens is 397 g/mol. The molecule has 0 radical (unpaired) electrons. The van der Waals surface area contributed by atoms with E-state index in [1.165, 1.54) is 18.2 Å². The van der Waals surface area contributed by atoms with Gasteiger partial charge in [0.2, 0.25) is 5.95 Å². The molecule has 0 bridgehead atoms. The zero-order valence-corrected chi connectivity index (χ0v) is 17.8. The number of likely N-dealkylation sites (N-methyl/N-ethyl adjacent to an activating group) is 1. The molecule has 8 heteroatoms. The number of aromatic nitrogens is 1. The summed E-state index contributed by atoms with van der Waals surface area (Å²) in [7, 11) is 0. The maximum Gasteiger partial charge on any atom is 0.214 e. The van der Waals surface area contributed by atoms with E-state index in [1.54, 1.807) is 6.07 Å². The van der Waals surface area contributed by atoms with E-state index in [4.69, 9.17) is 0 Å². The van der Waals surface area contributed by atoms with Crippen LogP contribution in [-0.2, 0) is 6.42 Å². The number of hydrogen-bond acceptors (Lipinski definition) is 5. The third-order valence-electron chi connectivity index (χ3n) is 5.41. The summed E-state index contributed by atoms with van der Waals surface area (Å²) in [6.45, 7) is 9.62. The lowest BCUT2D eigenvalue weighted by molar-refractivity contribution is 0.232. The van der Waals surface area contributed by atoms with Crippen molar-refractivity contribution in [3.63, 3.8) is 0 Å². The predicted molar refractivity (Wildman–Crippen MR) is 113 cm³/mol. The van der Waals surface area contributed by atoms with Crippen molar-refractivity contribution >= 4 is 23.5 Å². The first-order valence-corrected chi connectivity index (χ1v) is 10.8. The van der Waals surface area contributed by atoms with E-state index in [0.29, 0.717) is 23.7 Å². The Bertz CT molecular complexity index is 845. The highest BCUT2D eigenvalue weighted by molar-refractivity contribution is 8.00. The van der Waals surface area contributed by atoms with Gasteiger partial charge in [0.15, 0.2) is 0 Å². The summed E-state index contributed by atoms with van der Waals surface area (Å²) in [5.74, 6) is -1.65. The van der Waals surface area contributed by atoms with Crippen molar-refractivity contribution in [1.82, 2.24) is 9.88 Å². The first-order valence-electron chi connectivity index (χ1n) is 10.0. The molecule has 0 aliphatic carbocycles. The van der Waals surface area contributed by atoms with Gasteiger partial charge in [0.25, 0.3) is 0 Å². The molecule has 29 heavy (non-hydrogen) atoms. The van der Waals surface area contributed by atoms with Crippen LogP contribution in [0.2, 0.25) is 0 Å². The fraction of sp³-hybridized carbons (Fsp3) is 0.476. The SMILES string of the molecule is CCc1c(N2CCC(N(CC)CC)C2)cc(F)c(SNc2cccc(F)n2)c1F. The lowest BCUT2D eigenvalue weighted by Crippen LogP contribution is -2.37. The lowest BCUT2D eigenvalue weighted by Gasteiger charge is -2.28. The van der Waals surface area contributed by atoms with Gasteiger partial charge in [-0.3, -0.25) is 4.90 Å². The molecule has 1 atom stereocenters. The van der Waals surface area contributed by atoms with Gasteiger partial charge in [-0.15, -0.1) is 0 Å². The zero-order chi connectivity index (χ0) is 21.0. The molecule has 0 saturated carbocycles. The van der Waals surface area contributed by atoms with E-state index in [9.17, 15) is 8.78 Å². The fourth-order valence-corrected chi connectivity index (χ4v) is 4.60. The van der Waals surface area contributed by atoms with Crippen LogP contribution in [0.3, 0.4) is 0 Å². The summed E-state index contributed by atoms with van der Waals surface area (Å²) in [6.07, 6.45) is 1.44. The number of nitrogens with zero attached hydrogens (tertiary/aromatic N) is 3. The van der Waals surface area contributed by atoms with Gasteiger partial charge in [0.1, 0.15) is 22.3 Å². The molecule has 158 valence electrons. The van der Waals surface area contributed by atoms with Crippen molar-refractivity contribution in [2.75, 3.05) is 35.8 Å². The van der Waals surface area contributed by atoms with Gasteiger partial charge in [0.05, 0.1) is 0 Å². The van der Waals surface area contributed by atoms with E-state index in [2.05, 4.69) is 33.4 Å². The Kier molecular flexibility index (Phi) is 7.29. The molecule has 1 aromatic heterocycles. The quantitative estimate of drug-likeness (QED) is 0.471. The van der Waals surface area contributed by atoms with Crippen molar-refractivity contribution in [1.29, 1.82) is 0 Å². The molecular formula is C21H27F3N4S. The molecule has 4 nitrogen and oxygen atoms in total. The van der Waals surface area contributed by atoms with Crippen molar-refractivity contribution in [3.8, 4) is 0 Å². The second-order valence-corrected chi connectivity index (χ2v) is 7.83. The summed E-state index contributed by atoms with van der Waals surface area (Å²) in [4.78, 5) is 8.00. The minimum atomic E-state index is -0.655. The molecule has 1 aliphatic rings. The number of anilines is 2. The Morgan fingerprint density at radius 1 is 1.21 bits per heavy atom. The molecule has 3 rings (SSSR count). The van der Waals surface area contributed by atoms with Crippen LogP contribution in [0.5, 0.6) is 0 Å².